The van der Waals surface area contributed by atoms with Gasteiger partial charge in [-0.25, -0.2) is 4.79 Å². The normalized spacial score (nSPS) is 10.5. The first-order valence-electron chi connectivity index (χ1n) is 6.55. The Morgan fingerprint density at radius 2 is 2.05 bits per heavy atom. The maximum atomic E-state index is 11.3. The van der Waals surface area contributed by atoms with E-state index in [1.54, 1.807) is 16.8 Å². The van der Waals surface area contributed by atoms with Crippen LogP contribution in [0.25, 0.3) is 0 Å². The van der Waals surface area contributed by atoms with E-state index in [1.165, 1.54) is 7.11 Å². The van der Waals surface area contributed by atoms with E-state index in [9.17, 15) is 4.79 Å². The summed E-state index contributed by atoms with van der Waals surface area (Å²) in [6.45, 7) is 1.64. The highest BCUT2D eigenvalue weighted by Crippen LogP contribution is 2.05. The zero-order valence-corrected chi connectivity index (χ0v) is 11.8. The Kier molecular flexibility index (Phi) is 4.90. The standard InChI is InChI=1S/C15H19N3O2/c1-18-10-8-14(17-18)7-9-16-11-12-3-5-13(6-4-12)15(19)20-2/h3-6,8,10,16H,7,9,11H2,1-2H3. The minimum Gasteiger partial charge on any atom is -0.465 e. The average Bonchev–Trinajstić information content (AvgIpc) is 2.89. The first kappa shape index (κ1) is 14.3. The summed E-state index contributed by atoms with van der Waals surface area (Å²) in [5.41, 5.74) is 2.80. The molecular formula is C15H19N3O2. The lowest BCUT2D eigenvalue weighted by molar-refractivity contribution is 0.0600. The zero-order chi connectivity index (χ0) is 14.4. The van der Waals surface area contributed by atoms with Crippen LogP contribution in [0.4, 0.5) is 0 Å². The zero-order valence-electron chi connectivity index (χ0n) is 11.8. The molecule has 0 bridgehead atoms. The van der Waals surface area contributed by atoms with E-state index in [0.717, 1.165) is 30.8 Å². The fraction of sp³-hybridized carbons (Fsp3) is 0.333. The van der Waals surface area contributed by atoms with Gasteiger partial charge in [0.25, 0.3) is 0 Å². The first-order valence-corrected chi connectivity index (χ1v) is 6.55. The Balaban J connectivity index is 1.75. The number of carbonyl (C=O) groups is 1. The van der Waals surface area contributed by atoms with Crippen LogP contribution in [0, 0.1) is 0 Å². The molecule has 1 heterocycles. The SMILES string of the molecule is COC(=O)c1ccc(CNCCc2ccn(C)n2)cc1. The van der Waals surface area contributed by atoms with Gasteiger partial charge in [0.2, 0.25) is 0 Å². The van der Waals surface area contributed by atoms with Crippen LogP contribution < -0.4 is 5.32 Å². The van der Waals surface area contributed by atoms with Gasteiger partial charge in [-0.3, -0.25) is 4.68 Å². The van der Waals surface area contributed by atoms with Crippen molar-refractivity contribution in [2.75, 3.05) is 13.7 Å². The molecule has 0 aliphatic carbocycles. The molecule has 1 aromatic heterocycles. The lowest BCUT2D eigenvalue weighted by Gasteiger charge is -2.05. The lowest BCUT2D eigenvalue weighted by atomic mass is 10.1. The molecule has 2 aromatic rings. The molecule has 106 valence electrons. The Hall–Kier alpha value is -2.14. The van der Waals surface area contributed by atoms with Crippen molar-refractivity contribution in [2.45, 2.75) is 13.0 Å². The molecule has 2 rings (SSSR count). The maximum absolute atomic E-state index is 11.3. The van der Waals surface area contributed by atoms with E-state index < -0.39 is 0 Å². The number of nitrogens with one attached hydrogen (secondary N) is 1. The molecule has 0 saturated heterocycles. The van der Waals surface area contributed by atoms with Crippen LogP contribution in [0.15, 0.2) is 36.5 Å². The summed E-state index contributed by atoms with van der Waals surface area (Å²) < 4.78 is 6.47. The minimum absolute atomic E-state index is 0.306. The largest absolute Gasteiger partial charge is 0.465 e. The molecule has 5 heteroatoms. The fourth-order valence-corrected chi connectivity index (χ4v) is 1.92. The van der Waals surface area contributed by atoms with Crippen molar-refractivity contribution in [2.24, 2.45) is 7.05 Å². The van der Waals surface area contributed by atoms with Gasteiger partial charge in [-0.15, -0.1) is 0 Å². The maximum Gasteiger partial charge on any atom is 0.337 e. The highest BCUT2D eigenvalue weighted by Gasteiger charge is 2.04. The van der Waals surface area contributed by atoms with Crippen molar-refractivity contribution in [1.29, 1.82) is 0 Å². The van der Waals surface area contributed by atoms with Gasteiger partial charge in [0.1, 0.15) is 0 Å². The van der Waals surface area contributed by atoms with Gasteiger partial charge in [0.15, 0.2) is 0 Å². The van der Waals surface area contributed by atoms with Crippen LogP contribution in [0.5, 0.6) is 0 Å². The Morgan fingerprint density at radius 3 is 2.65 bits per heavy atom. The van der Waals surface area contributed by atoms with Gasteiger partial charge in [-0.05, 0) is 23.8 Å². The summed E-state index contributed by atoms with van der Waals surface area (Å²) in [5, 5.41) is 7.68. The number of rotatable bonds is 6. The van der Waals surface area contributed by atoms with E-state index in [1.807, 2.05) is 31.4 Å². The van der Waals surface area contributed by atoms with Crippen LogP contribution >= 0.6 is 0 Å². The molecule has 0 spiro atoms. The Morgan fingerprint density at radius 1 is 1.30 bits per heavy atom. The number of esters is 1. The molecule has 1 aromatic carbocycles. The van der Waals surface area contributed by atoms with Gasteiger partial charge >= 0.3 is 5.97 Å². The van der Waals surface area contributed by atoms with Gasteiger partial charge in [-0.2, -0.15) is 5.10 Å². The minimum atomic E-state index is -0.306. The monoisotopic (exact) mass is 273 g/mol. The highest BCUT2D eigenvalue weighted by molar-refractivity contribution is 5.89. The van der Waals surface area contributed by atoms with E-state index in [-0.39, 0.29) is 5.97 Å². The van der Waals surface area contributed by atoms with E-state index in [2.05, 4.69) is 15.2 Å². The molecule has 0 radical (unpaired) electrons. The van der Waals surface area contributed by atoms with E-state index in [0.29, 0.717) is 5.56 Å². The van der Waals surface area contributed by atoms with Crippen LogP contribution in [-0.2, 0) is 24.8 Å². The van der Waals surface area contributed by atoms with Crippen molar-refractivity contribution in [3.63, 3.8) is 0 Å². The highest BCUT2D eigenvalue weighted by atomic mass is 16.5. The van der Waals surface area contributed by atoms with Crippen LogP contribution in [-0.4, -0.2) is 29.4 Å². The molecule has 0 aliphatic rings. The summed E-state index contributed by atoms with van der Waals surface area (Å²) in [6, 6.07) is 9.44. The average molecular weight is 273 g/mol. The van der Waals surface area contributed by atoms with Gasteiger partial charge in [0.05, 0.1) is 18.4 Å². The number of hydrogen-bond donors (Lipinski definition) is 1. The molecular weight excluding hydrogens is 254 g/mol. The second-order valence-electron chi connectivity index (χ2n) is 4.60. The molecule has 0 unspecified atom stereocenters. The van der Waals surface area contributed by atoms with Crippen molar-refractivity contribution < 1.29 is 9.53 Å². The third-order valence-corrected chi connectivity index (χ3v) is 3.03. The molecule has 0 saturated carbocycles. The summed E-state index contributed by atoms with van der Waals surface area (Å²) >= 11 is 0. The molecule has 20 heavy (non-hydrogen) atoms. The van der Waals surface area contributed by atoms with E-state index in [4.69, 9.17) is 0 Å². The second-order valence-corrected chi connectivity index (χ2v) is 4.60. The predicted molar refractivity (Wildman–Crippen MR) is 76.4 cm³/mol. The Bertz CT molecular complexity index is 561. The van der Waals surface area contributed by atoms with Crippen molar-refractivity contribution in [1.82, 2.24) is 15.1 Å². The number of aryl methyl sites for hydroxylation is 1. The molecule has 0 atom stereocenters. The van der Waals surface area contributed by atoms with Gasteiger partial charge in [0, 0.05) is 32.8 Å². The fourth-order valence-electron chi connectivity index (χ4n) is 1.92. The smallest absolute Gasteiger partial charge is 0.337 e. The second kappa shape index (κ2) is 6.86. The number of benzene rings is 1. The van der Waals surface area contributed by atoms with Crippen molar-refractivity contribution in [3.8, 4) is 0 Å². The number of carbonyl (C=O) groups excluding carboxylic acids is 1. The number of nitrogens with zero attached hydrogens (tertiary/aromatic N) is 2. The third kappa shape index (κ3) is 3.93. The van der Waals surface area contributed by atoms with Crippen LogP contribution in [0.1, 0.15) is 21.6 Å². The molecule has 0 fully saturated rings. The summed E-state index contributed by atoms with van der Waals surface area (Å²) in [4.78, 5) is 11.3. The van der Waals surface area contributed by atoms with E-state index >= 15 is 0 Å². The number of aromatic nitrogens is 2. The summed E-state index contributed by atoms with van der Waals surface area (Å²) in [6.07, 6.45) is 2.85. The quantitative estimate of drug-likeness (QED) is 0.641. The van der Waals surface area contributed by atoms with Gasteiger partial charge < -0.3 is 10.1 Å². The number of hydrogen-bond acceptors (Lipinski definition) is 4. The molecule has 5 nitrogen and oxygen atoms in total. The lowest BCUT2D eigenvalue weighted by Crippen LogP contribution is -2.17. The number of ether oxygens (including phenoxy) is 1. The van der Waals surface area contributed by atoms with Crippen LogP contribution in [0.2, 0.25) is 0 Å². The van der Waals surface area contributed by atoms with Gasteiger partial charge in [-0.1, -0.05) is 12.1 Å². The predicted octanol–water partition coefficient (Wildman–Crippen LogP) is 1.54. The molecule has 0 aliphatic heterocycles. The van der Waals surface area contributed by atoms with Crippen LogP contribution in [0.3, 0.4) is 0 Å². The number of methoxy groups -OCH3 is 1. The first-order chi connectivity index (χ1) is 9.69. The van der Waals surface area contributed by atoms with Crippen molar-refractivity contribution >= 4 is 5.97 Å². The Labute approximate surface area is 118 Å². The molecule has 0 amide bonds. The topological polar surface area (TPSA) is 56.1 Å². The van der Waals surface area contributed by atoms with Crippen molar-refractivity contribution in [3.05, 3.63) is 53.3 Å². The summed E-state index contributed by atoms with van der Waals surface area (Å²) in [5.74, 6) is -0.306. The molecule has 1 N–H and O–H groups in total. The summed E-state index contributed by atoms with van der Waals surface area (Å²) in [7, 11) is 3.30. The third-order valence-electron chi connectivity index (χ3n) is 3.03.